The fourth-order valence-corrected chi connectivity index (χ4v) is 3.75. The van der Waals surface area contributed by atoms with Crippen LogP contribution < -0.4 is 0 Å². The molecule has 0 fully saturated rings. The normalized spacial score (nSPS) is 24.1. The van der Waals surface area contributed by atoms with Gasteiger partial charge in [-0.2, -0.15) is 5.26 Å². The number of aliphatic hydroxyl groups is 1. The van der Waals surface area contributed by atoms with E-state index in [1.807, 2.05) is 6.07 Å². The maximum absolute atomic E-state index is 15.7. The number of carbonyl (C=O) groups is 1. The van der Waals surface area contributed by atoms with Crippen molar-refractivity contribution < 1.29 is 18.7 Å². The van der Waals surface area contributed by atoms with Gasteiger partial charge in [0.15, 0.2) is 11.5 Å². The summed E-state index contributed by atoms with van der Waals surface area (Å²) in [6, 6.07) is 8.66. The number of aryl methyl sites for hydroxylation is 1. The minimum Gasteiger partial charge on any atom is -0.382 e. The van der Waals surface area contributed by atoms with Gasteiger partial charge in [-0.3, -0.25) is 9.78 Å². The Balaban J connectivity index is 1.87. The zero-order valence-electron chi connectivity index (χ0n) is 14.4. The molecule has 1 heterocycles. The van der Waals surface area contributed by atoms with E-state index in [1.54, 1.807) is 0 Å². The van der Waals surface area contributed by atoms with Crippen LogP contribution in [-0.4, -0.2) is 15.9 Å². The summed E-state index contributed by atoms with van der Waals surface area (Å²) in [6.07, 6.45) is 0.890. The van der Waals surface area contributed by atoms with Crippen LogP contribution in [0.2, 0.25) is 5.02 Å². The van der Waals surface area contributed by atoms with Crippen molar-refractivity contribution in [2.24, 2.45) is 0 Å². The van der Waals surface area contributed by atoms with E-state index in [4.69, 9.17) is 16.9 Å². The Morgan fingerprint density at radius 2 is 2.15 bits per heavy atom. The van der Waals surface area contributed by atoms with Gasteiger partial charge in [0.1, 0.15) is 11.4 Å². The molecule has 1 aromatic heterocycles. The number of aromatic nitrogens is 1. The molecule has 0 bridgehead atoms. The molecule has 3 rings (SSSR count). The van der Waals surface area contributed by atoms with Crippen LogP contribution in [0.3, 0.4) is 0 Å². The molecule has 4 nitrogen and oxygen atoms in total. The van der Waals surface area contributed by atoms with Crippen LogP contribution in [-0.2, 0) is 22.5 Å². The van der Waals surface area contributed by atoms with Crippen LogP contribution in [0.25, 0.3) is 0 Å². The Bertz CT molecular complexity index is 930. The van der Waals surface area contributed by atoms with E-state index in [0.29, 0.717) is 5.56 Å². The van der Waals surface area contributed by atoms with E-state index in [2.05, 4.69) is 4.98 Å². The predicted octanol–water partition coefficient (Wildman–Crippen LogP) is 4.14. The quantitative estimate of drug-likeness (QED) is 0.832. The molecule has 27 heavy (non-hydrogen) atoms. The number of hydrogen-bond acceptors (Lipinski definition) is 4. The van der Waals surface area contributed by atoms with Crippen LogP contribution in [0.5, 0.6) is 0 Å². The number of benzene rings is 1. The van der Waals surface area contributed by atoms with Crippen LogP contribution >= 0.6 is 11.6 Å². The predicted molar refractivity (Wildman–Crippen MR) is 95.1 cm³/mol. The summed E-state index contributed by atoms with van der Waals surface area (Å²) < 4.78 is 28.9. The molecule has 140 valence electrons. The molecular weight excluding hydrogens is 374 g/mol. The number of pyridine rings is 1. The van der Waals surface area contributed by atoms with E-state index in [9.17, 15) is 14.3 Å². The van der Waals surface area contributed by atoms with Gasteiger partial charge in [-0.1, -0.05) is 23.7 Å². The Kier molecular flexibility index (Phi) is 5.27. The molecule has 7 heteroatoms. The second-order valence-corrected chi connectivity index (χ2v) is 7.13. The molecule has 2 atom stereocenters. The number of halogens is 3. The van der Waals surface area contributed by atoms with Crippen molar-refractivity contribution in [1.82, 2.24) is 4.98 Å². The maximum atomic E-state index is 15.7. The van der Waals surface area contributed by atoms with Gasteiger partial charge in [-0.25, -0.2) is 8.78 Å². The third-order valence-electron chi connectivity index (χ3n) is 5.01. The molecule has 1 aliphatic rings. The molecule has 0 radical (unpaired) electrons. The van der Waals surface area contributed by atoms with Crippen LogP contribution in [0.4, 0.5) is 8.78 Å². The molecule has 0 spiro atoms. The molecule has 0 saturated heterocycles. The molecule has 0 unspecified atom stereocenters. The van der Waals surface area contributed by atoms with Gasteiger partial charge < -0.3 is 5.11 Å². The summed E-state index contributed by atoms with van der Waals surface area (Å²) >= 11 is 5.97. The zero-order valence-corrected chi connectivity index (χ0v) is 15.1. The van der Waals surface area contributed by atoms with Gasteiger partial charge in [0.2, 0.25) is 0 Å². The smallest absolute Gasteiger partial charge is 0.195 e. The Hall–Kier alpha value is -2.36. The third kappa shape index (κ3) is 3.58. The van der Waals surface area contributed by atoms with Crippen molar-refractivity contribution in [2.45, 2.75) is 43.4 Å². The minimum absolute atomic E-state index is 0.00389. The number of nitriles is 1. The zero-order chi connectivity index (χ0) is 19.7. The van der Waals surface area contributed by atoms with Crippen LogP contribution in [0.15, 0.2) is 36.5 Å². The second-order valence-electron chi connectivity index (χ2n) is 6.73. The first-order chi connectivity index (χ1) is 12.8. The van der Waals surface area contributed by atoms with E-state index in [0.717, 1.165) is 6.07 Å². The highest BCUT2D eigenvalue weighted by atomic mass is 35.5. The minimum atomic E-state index is -2.29. The van der Waals surface area contributed by atoms with Crippen molar-refractivity contribution in [3.63, 3.8) is 0 Å². The van der Waals surface area contributed by atoms with E-state index in [-0.39, 0.29) is 48.4 Å². The van der Waals surface area contributed by atoms with Crippen LogP contribution in [0.1, 0.15) is 42.5 Å². The number of alkyl halides is 1. The monoisotopic (exact) mass is 390 g/mol. The topological polar surface area (TPSA) is 74.0 Å². The number of carbonyl (C=O) groups excluding carboxylic acids is 1. The lowest BCUT2D eigenvalue weighted by Crippen LogP contribution is -2.43. The average Bonchev–Trinajstić information content (AvgIpc) is 2.65. The Labute approximate surface area is 160 Å². The SMILES string of the molecule is N#CC[C@]1(O)CC[C@@](F)(C(=O)CCc2ccc(F)cc2Cl)c2cccnc21. The molecule has 0 amide bonds. The highest BCUT2D eigenvalue weighted by molar-refractivity contribution is 6.31. The lowest BCUT2D eigenvalue weighted by molar-refractivity contribution is -0.134. The molecule has 0 saturated carbocycles. The van der Waals surface area contributed by atoms with Gasteiger partial charge in [0.25, 0.3) is 0 Å². The largest absolute Gasteiger partial charge is 0.382 e. The van der Waals surface area contributed by atoms with E-state index < -0.39 is 22.9 Å². The van der Waals surface area contributed by atoms with Gasteiger partial charge in [0.05, 0.1) is 18.2 Å². The van der Waals surface area contributed by atoms with Gasteiger partial charge in [-0.05, 0) is 43.0 Å². The highest BCUT2D eigenvalue weighted by Crippen LogP contribution is 2.47. The van der Waals surface area contributed by atoms with Crippen molar-refractivity contribution in [3.8, 4) is 6.07 Å². The maximum Gasteiger partial charge on any atom is 0.195 e. The summed E-state index contributed by atoms with van der Waals surface area (Å²) in [7, 11) is 0. The van der Waals surface area contributed by atoms with Crippen LogP contribution in [0, 0.1) is 17.1 Å². The second kappa shape index (κ2) is 7.34. The standard InChI is InChI=1S/C20H17ClF2N2O2/c21-16-12-14(22)5-3-13(16)4-6-17(26)20(23)8-7-19(27,9-10-24)18-15(20)2-1-11-25-18/h1-3,5,11-12,27H,4,6-9H2/t19-,20+/m1/s1. The van der Waals surface area contributed by atoms with Gasteiger partial charge in [0, 0.05) is 23.2 Å². The molecule has 0 aliphatic heterocycles. The lowest BCUT2D eigenvalue weighted by atomic mass is 9.71. The van der Waals surface area contributed by atoms with Crippen molar-refractivity contribution in [1.29, 1.82) is 5.26 Å². The summed E-state index contributed by atoms with van der Waals surface area (Å²) in [5.74, 6) is -1.14. The van der Waals surface area contributed by atoms with Crippen molar-refractivity contribution in [3.05, 3.63) is 64.2 Å². The molecule has 2 aromatic rings. The number of fused-ring (bicyclic) bond motifs is 1. The Morgan fingerprint density at radius 3 is 2.85 bits per heavy atom. The van der Waals surface area contributed by atoms with Gasteiger partial charge in [-0.15, -0.1) is 0 Å². The fraction of sp³-hybridized carbons (Fsp3) is 0.350. The summed E-state index contributed by atoms with van der Waals surface area (Å²) in [5, 5.41) is 19.8. The lowest BCUT2D eigenvalue weighted by Gasteiger charge is -2.38. The van der Waals surface area contributed by atoms with E-state index >= 15 is 4.39 Å². The number of rotatable bonds is 5. The first-order valence-corrected chi connectivity index (χ1v) is 8.89. The number of ketones is 1. The van der Waals surface area contributed by atoms with E-state index in [1.165, 1.54) is 30.5 Å². The number of Topliss-reactive ketones (excluding diaryl/α,β-unsaturated/α-hetero) is 1. The third-order valence-corrected chi connectivity index (χ3v) is 5.36. The molecule has 1 aliphatic carbocycles. The first-order valence-electron chi connectivity index (χ1n) is 8.51. The van der Waals surface area contributed by atoms with Gasteiger partial charge >= 0.3 is 0 Å². The average molecular weight is 391 g/mol. The molecule has 1 N–H and O–H groups in total. The Morgan fingerprint density at radius 1 is 1.37 bits per heavy atom. The van der Waals surface area contributed by atoms with Crippen molar-refractivity contribution in [2.75, 3.05) is 0 Å². The number of hydrogen-bond donors (Lipinski definition) is 1. The fourth-order valence-electron chi connectivity index (χ4n) is 3.49. The highest BCUT2D eigenvalue weighted by Gasteiger charge is 2.51. The molecular formula is C20H17ClF2N2O2. The summed E-state index contributed by atoms with van der Waals surface area (Å²) in [4.78, 5) is 16.8. The summed E-state index contributed by atoms with van der Waals surface area (Å²) in [5.41, 5.74) is -3.27. The van der Waals surface area contributed by atoms with Crippen molar-refractivity contribution >= 4 is 17.4 Å². The summed E-state index contributed by atoms with van der Waals surface area (Å²) in [6.45, 7) is 0. The molecule has 1 aromatic carbocycles. The first kappa shape index (κ1) is 19.4. The number of nitrogens with zero attached hydrogens (tertiary/aromatic N) is 2.